The van der Waals surface area contributed by atoms with Crippen LogP contribution in [0.15, 0.2) is 42.6 Å². The molecular weight excluding hydrogens is 571 g/mol. The van der Waals surface area contributed by atoms with Gasteiger partial charge in [-0.25, -0.2) is 27.5 Å². The molecule has 4 heterocycles. The highest BCUT2D eigenvalue weighted by molar-refractivity contribution is 14.1. The second-order valence-electron chi connectivity index (χ2n) is 8.72. The summed E-state index contributed by atoms with van der Waals surface area (Å²) in [7, 11) is 0. The Hall–Kier alpha value is -2.69. The van der Waals surface area contributed by atoms with Crippen LogP contribution in [0.3, 0.4) is 0 Å². The number of imidazole rings is 2. The molecule has 0 bridgehead atoms. The lowest BCUT2D eigenvalue weighted by atomic mass is 10.1. The van der Waals surface area contributed by atoms with E-state index in [1.165, 1.54) is 24.3 Å². The third-order valence-corrected chi connectivity index (χ3v) is 7.41. The zero-order valence-corrected chi connectivity index (χ0v) is 21.0. The van der Waals surface area contributed by atoms with E-state index in [9.17, 15) is 17.6 Å². The SMILES string of the molecule is Fc1ccc(-c2cn3c(n2)CCCC3)c(F)c1.Fc1ccc(-c2nc3n(c2I)CCCC3)c(F)c1. The number of hydrogen-bond acceptors (Lipinski definition) is 2. The Labute approximate surface area is 214 Å². The van der Waals surface area contributed by atoms with Crippen molar-refractivity contribution in [3.63, 3.8) is 0 Å². The molecule has 2 aromatic carbocycles. The Bertz CT molecular complexity index is 1350. The van der Waals surface area contributed by atoms with Crippen LogP contribution in [0.5, 0.6) is 0 Å². The van der Waals surface area contributed by atoms with Gasteiger partial charge in [0.1, 0.15) is 44.3 Å². The predicted octanol–water partition coefficient (Wildman–Crippen LogP) is 6.93. The van der Waals surface area contributed by atoms with Crippen molar-refractivity contribution in [3.8, 4) is 22.5 Å². The molecular formula is C26H23F4IN4. The van der Waals surface area contributed by atoms with Crippen LogP contribution in [0.1, 0.15) is 37.3 Å². The van der Waals surface area contributed by atoms with Crippen LogP contribution in [0.25, 0.3) is 22.5 Å². The van der Waals surface area contributed by atoms with E-state index in [1.807, 2.05) is 6.20 Å². The van der Waals surface area contributed by atoms with Crippen molar-refractivity contribution in [1.82, 2.24) is 19.1 Å². The van der Waals surface area contributed by atoms with Gasteiger partial charge in [-0.15, -0.1) is 0 Å². The Morgan fingerprint density at radius 1 is 0.714 bits per heavy atom. The second-order valence-corrected chi connectivity index (χ2v) is 9.74. The van der Waals surface area contributed by atoms with Crippen LogP contribution in [-0.4, -0.2) is 19.1 Å². The molecule has 35 heavy (non-hydrogen) atoms. The monoisotopic (exact) mass is 594 g/mol. The molecule has 2 aliphatic heterocycles. The van der Waals surface area contributed by atoms with E-state index in [1.54, 1.807) is 0 Å². The first-order chi connectivity index (χ1) is 16.9. The molecule has 182 valence electrons. The van der Waals surface area contributed by atoms with Crippen LogP contribution in [0, 0.1) is 27.0 Å². The summed E-state index contributed by atoms with van der Waals surface area (Å²) in [5.41, 5.74) is 1.97. The van der Waals surface area contributed by atoms with Gasteiger partial charge in [0.25, 0.3) is 0 Å². The van der Waals surface area contributed by atoms with Gasteiger partial charge in [-0.2, -0.15) is 0 Å². The van der Waals surface area contributed by atoms with Crippen LogP contribution in [-0.2, 0) is 25.9 Å². The molecule has 6 rings (SSSR count). The molecule has 0 amide bonds. The molecule has 9 heteroatoms. The highest BCUT2D eigenvalue weighted by atomic mass is 127. The molecule has 0 saturated carbocycles. The zero-order chi connectivity index (χ0) is 24.5. The van der Waals surface area contributed by atoms with Crippen LogP contribution in [0.2, 0.25) is 0 Å². The van der Waals surface area contributed by atoms with E-state index in [-0.39, 0.29) is 0 Å². The van der Waals surface area contributed by atoms with E-state index in [4.69, 9.17) is 0 Å². The average Bonchev–Trinajstić information content (AvgIpc) is 3.41. The summed E-state index contributed by atoms with van der Waals surface area (Å²) in [6, 6.07) is 7.24. The first-order valence-electron chi connectivity index (χ1n) is 11.6. The van der Waals surface area contributed by atoms with Crippen molar-refractivity contribution in [2.24, 2.45) is 0 Å². The maximum absolute atomic E-state index is 13.8. The normalized spacial score (nSPS) is 14.7. The third-order valence-electron chi connectivity index (χ3n) is 6.32. The number of halogens is 5. The minimum atomic E-state index is -0.560. The fourth-order valence-corrected chi connectivity index (χ4v) is 5.47. The van der Waals surface area contributed by atoms with Gasteiger partial charge < -0.3 is 9.13 Å². The molecule has 0 saturated heterocycles. The molecule has 0 spiro atoms. The Kier molecular flexibility index (Phi) is 6.95. The number of rotatable bonds is 2. The fraction of sp³-hybridized carbons (Fsp3) is 0.308. The zero-order valence-electron chi connectivity index (χ0n) is 18.9. The smallest absolute Gasteiger partial charge is 0.135 e. The summed E-state index contributed by atoms with van der Waals surface area (Å²) in [5, 5.41) is 0. The van der Waals surface area contributed by atoms with Crippen LogP contribution in [0.4, 0.5) is 17.6 Å². The number of fused-ring (bicyclic) bond motifs is 2. The van der Waals surface area contributed by atoms with Crippen molar-refractivity contribution in [2.75, 3.05) is 0 Å². The lowest BCUT2D eigenvalue weighted by Gasteiger charge is -2.13. The third kappa shape index (κ3) is 5.00. The molecule has 2 aromatic heterocycles. The Morgan fingerprint density at radius 3 is 1.97 bits per heavy atom. The van der Waals surface area contributed by atoms with Gasteiger partial charge in [0.05, 0.1) is 5.69 Å². The Morgan fingerprint density at radius 2 is 1.34 bits per heavy atom. The summed E-state index contributed by atoms with van der Waals surface area (Å²) in [6.07, 6.45) is 8.23. The Balaban J connectivity index is 0.000000145. The topological polar surface area (TPSA) is 35.6 Å². The first kappa shape index (κ1) is 24.0. The second kappa shape index (κ2) is 10.1. The average molecular weight is 594 g/mol. The molecule has 4 aromatic rings. The molecule has 4 nitrogen and oxygen atoms in total. The minimum Gasteiger partial charge on any atom is -0.334 e. The van der Waals surface area contributed by atoms with Gasteiger partial charge in [-0.05, 0) is 72.5 Å². The van der Waals surface area contributed by atoms with E-state index >= 15 is 0 Å². The first-order valence-corrected chi connectivity index (χ1v) is 12.7. The molecule has 0 N–H and O–H groups in total. The maximum Gasteiger partial charge on any atom is 0.135 e. The van der Waals surface area contributed by atoms with Crippen molar-refractivity contribution in [2.45, 2.75) is 51.6 Å². The number of aryl methyl sites for hydroxylation is 3. The van der Waals surface area contributed by atoms with Crippen LogP contribution >= 0.6 is 22.6 Å². The summed E-state index contributed by atoms with van der Waals surface area (Å²) in [5.74, 6) is -0.228. The summed E-state index contributed by atoms with van der Waals surface area (Å²) < 4.78 is 58.3. The maximum atomic E-state index is 13.8. The molecule has 2 aliphatic rings. The summed E-state index contributed by atoms with van der Waals surface area (Å²) >= 11 is 2.19. The summed E-state index contributed by atoms with van der Waals surface area (Å²) in [6.45, 7) is 1.87. The minimum absolute atomic E-state index is 0.369. The lowest BCUT2D eigenvalue weighted by Crippen LogP contribution is -2.11. The molecule has 0 radical (unpaired) electrons. The van der Waals surface area contributed by atoms with Gasteiger partial charge in [0.2, 0.25) is 0 Å². The van der Waals surface area contributed by atoms with E-state index in [0.717, 1.165) is 79.1 Å². The molecule has 0 atom stereocenters. The predicted molar refractivity (Wildman–Crippen MR) is 134 cm³/mol. The van der Waals surface area contributed by atoms with Crippen LogP contribution < -0.4 is 0 Å². The number of benzene rings is 2. The number of nitrogens with zero attached hydrogens (tertiary/aromatic N) is 4. The van der Waals surface area contributed by atoms with Gasteiger partial charge in [-0.3, -0.25) is 0 Å². The fourth-order valence-electron chi connectivity index (χ4n) is 4.54. The quantitative estimate of drug-likeness (QED) is 0.186. The van der Waals surface area contributed by atoms with Crippen molar-refractivity contribution >= 4 is 22.6 Å². The van der Waals surface area contributed by atoms with Crippen molar-refractivity contribution in [3.05, 3.63) is 81.2 Å². The molecule has 0 aliphatic carbocycles. The lowest BCUT2D eigenvalue weighted by molar-refractivity contribution is 0.515. The van der Waals surface area contributed by atoms with Gasteiger partial charge in [0, 0.05) is 55.4 Å². The van der Waals surface area contributed by atoms with E-state index < -0.39 is 23.3 Å². The van der Waals surface area contributed by atoms with E-state index in [2.05, 4.69) is 41.7 Å². The van der Waals surface area contributed by atoms with E-state index in [0.29, 0.717) is 22.5 Å². The molecule has 0 unspecified atom stereocenters. The van der Waals surface area contributed by atoms with Gasteiger partial charge >= 0.3 is 0 Å². The number of hydrogen-bond donors (Lipinski definition) is 0. The van der Waals surface area contributed by atoms with Gasteiger partial charge in [-0.1, -0.05) is 0 Å². The van der Waals surface area contributed by atoms with Crippen molar-refractivity contribution < 1.29 is 17.6 Å². The standard InChI is InChI=1S/C13H11F2IN2.C13H12F2N2/c14-8-4-5-9(10(15)7-8)12-13(16)18-6-2-1-3-11(18)17-12;14-9-4-5-10(11(15)7-9)12-8-17-6-2-1-3-13(17)16-12/h4-5,7H,1-3,6H2;4-5,7-8H,1-3,6H2. The highest BCUT2D eigenvalue weighted by Gasteiger charge is 2.21. The number of aromatic nitrogens is 4. The largest absolute Gasteiger partial charge is 0.334 e. The molecule has 0 fully saturated rings. The van der Waals surface area contributed by atoms with Gasteiger partial charge in [0.15, 0.2) is 0 Å². The van der Waals surface area contributed by atoms with Crippen molar-refractivity contribution in [1.29, 1.82) is 0 Å². The summed E-state index contributed by atoms with van der Waals surface area (Å²) in [4.78, 5) is 8.92. The highest BCUT2D eigenvalue weighted by Crippen LogP contribution is 2.30.